The normalized spacial score (nSPS) is 27.7. The molecular weight excluding hydrogens is 218 g/mol. The number of nitrogens with zero attached hydrogens (tertiary/aromatic N) is 2. The van der Waals surface area contributed by atoms with Crippen LogP contribution in [0.4, 0.5) is 5.82 Å². The summed E-state index contributed by atoms with van der Waals surface area (Å²) in [5.41, 5.74) is 6.24. The second-order valence-electron chi connectivity index (χ2n) is 5.20. The summed E-state index contributed by atoms with van der Waals surface area (Å²) in [6, 6.07) is 0. The van der Waals surface area contributed by atoms with Crippen LogP contribution in [0.15, 0.2) is 4.79 Å². The van der Waals surface area contributed by atoms with Gasteiger partial charge in [-0.3, -0.25) is 9.59 Å². The van der Waals surface area contributed by atoms with Crippen LogP contribution in [0.2, 0.25) is 0 Å². The Bertz CT molecular complexity index is 541. The van der Waals surface area contributed by atoms with Crippen molar-refractivity contribution < 1.29 is 4.79 Å². The molecule has 2 unspecified atom stereocenters. The Morgan fingerprint density at radius 2 is 1.94 bits per heavy atom. The summed E-state index contributed by atoms with van der Waals surface area (Å²) in [5.74, 6) is 0.736. The standard InChI is InChI=1S/C12H17N3O2/c1-7-10(13)15-12(17)9-5-3-2-4-8(9)6-14(15)11(7)16/h8-9H,2-6,13H2,1H3. The second-order valence-corrected chi connectivity index (χ2v) is 5.20. The van der Waals surface area contributed by atoms with Crippen molar-refractivity contribution in [3.63, 3.8) is 0 Å². The average Bonchev–Trinajstić information content (AvgIpc) is 2.55. The zero-order chi connectivity index (χ0) is 12.2. The molecule has 5 nitrogen and oxygen atoms in total. The lowest BCUT2D eigenvalue weighted by Gasteiger charge is -2.35. The molecular formula is C12H17N3O2. The molecule has 2 aliphatic rings. The minimum absolute atomic E-state index is 0.0173. The number of carbonyl (C=O) groups excluding carboxylic acids is 1. The number of aromatic nitrogens is 2. The Morgan fingerprint density at radius 3 is 2.71 bits per heavy atom. The van der Waals surface area contributed by atoms with Gasteiger partial charge in [-0.25, -0.2) is 9.36 Å². The van der Waals surface area contributed by atoms with Crippen molar-refractivity contribution in [3.8, 4) is 0 Å². The van der Waals surface area contributed by atoms with E-state index in [2.05, 4.69) is 0 Å². The number of nitrogen functional groups attached to an aromatic ring is 1. The largest absolute Gasteiger partial charge is 0.383 e. The van der Waals surface area contributed by atoms with Crippen LogP contribution < -0.4 is 11.3 Å². The number of hydrogen-bond acceptors (Lipinski definition) is 3. The van der Waals surface area contributed by atoms with Crippen LogP contribution in [0, 0.1) is 18.8 Å². The van der Waals surface area contributed by atoms with E-state index in [1.54, 1.807) is 6.92 Å². The number of hydrogen-bond donors (Lipinski definition) is 1. The van der Waals surface area contributed by atoms with Crippen molar-refractivity contribution >= 4 is 11.7 Å². The van der Waals surface area contributed by atoms with Gasteiger partial charge in [-0.2, -0.15) is 0 Å². The molecule has 1 fully saturated rings. The van der Waals surface area contributed by atoms with Crippen LogP contribution in [-0.4, -0.2) is 15.3 Å². The monoisotopic (exact) mass is 235 g/mol. The molecule has 2 heterocycles. The third-order valence-electron chi connectivity index (χ3n) is 4.25. The minimum atomic E-state index is -0.111. The van der Waals surface area contributed by atoms with Crippen LogP contribution in [0.25, 0.3) is 0 Å². The first-order chi connectivity index (χ1) is 8.11. The Kier molecular flexibility index (Phi) is 2.18. The van der Waals surface area contributed by atoms with Crippen molar-refractivity contribution in [1.29, 1.82) is 0 Å². The molecule has 1 aromatic rings. The lowest BCUT2D eigenvalue weighted by Crippen LogP contribution is -2.45. The lowest BCUT2D eigenvalue weighted by atomic mass is 9.78. The number of nitrogens with two attached hydrogens (primary N) is 1. The van der Waals surface area contributed by atoms with E-state index < -0.39 is 0 Å². The summed E-state index contributed by atoms with van der Waals surface area (Å²) in [4.78, 5) is 24.3. The van der Waals surface area contributed by atoms with E-state index in [4.69, 9.17) is 5.73 Å². The van der Waals surface area contributed by atoms with Crippen LogP contribution in [-0.2, 0) is 6.54 Å². The number of carbonyl (C=O) groups is 1. The first-order valence-corrected chi connectivity index (χ1v) is 6.23. The highest BCUT2D eigenvalue weighted by Gasteiger charge is 2.39. The number of rotatable bonds is 0. The van der Waals surface area contributed by atoms with Gasteiger partial charge in [0.1, 0.15) is 5.82 Å². The summed E-state index contributed by atoms with van der Waals surface area (Å²) in [6.45, 7) is 2.33. The van der Waals surface area contributed by atoms with E-state index >= 15 is 0 Å². The number of fused-ring (bicyclic) bond motifs is 2. The fraction of sp³-hybridized carbons (Fsp3) is 0.667. The highest BCUT2D eigenvalue weighted by Crippen LogP contribution is 2.35. The molecule has 1 aromatic heterocycles. The van der Waals surface area contributed by atoms with E-state index in [9.17, 15) is 9.59 Å². The molecule has 5 heteroatoms. The van der Waals surface area contributed by atoms with Gasteiger partial charge in [0.25, 0.3) is 11.5 Å². The summed E-state index contributed by atoms with van der Waals surface area (Å²) >= 11 is 0. The molecule has 0 aromatic carbocycles. The van der Waals surface area contributed by atoms with Crippen LogP contribution >= 0.6 is 0 Å². The Balaban J connectivity index is 2.16. The molecule has 17 heavy (non-hydrogen) atoms. The van der Waals surface area contributed by atoms with E-state index in [1.165, 1.54) is 15.8 Å². The van der Waals surface area contributed by atoms with Gasteiger partial charge in [-0.1, -0.05) is 12.8 Å². The maximum atomic E-state index is 12.4. The summed E-state index contributed by atoms with van der Waals surface area (Å²) in [7, 11) is 0. The topological polar surface area (TPSA) is 70.0 Å². The maximum Gasteiger partial charge on any atom is 0.272 e. The molecule has 2 N–H and O–H groups in total. The summed E-state index contributed by atoms with van der Waals surface area (Å²) < 4.78 is 2.93. The zero-order valence-corrected chi connectivity index (χ0v) is 9.98. The van der Waals surface area contributed by atoms with E-state index in [1.807, 2.05) is 0 Å². The third kappa shape index (κ3) is 1.31. The van der Waals surface area contributed by atoms with Gasteiger partial charge >= 0.3 is 0 Å². The zero-order valence-electron chi connectivity index (χ0n) is 9.98. The lowest BCUT2D eigenvalue weighted by molar-refractivity contribution is 0.0574. The maximum absolute atomic E-state index is 12.4. The molecule has 0 bridgehead atoms. The molecule has 0 saturated heterocycles. The Hall–Kier alpha value is -1.52. The highest BCUT2D eigenvalue weighted by atomic mass is 16.2. The van der Waals surface area contributed by atoms with Gasteiger partial charge in [0, 0.05) is 12.5 Å². The molecule has 0 spiro atoms. The smallest absolute Gasteiger partial charge is 0.272 e. The van der Waals surface area contributed by atoms with E-state index in [0.717, 1.165) is 19.3 Å². The summed E-state index contributed by atoms with van der Waals surface area (Å²) in [6.07, 6.45) is 4.26. The quantitative estimate of drug-likeness (QED) is 0.729. The van der Waals surface area contributed by atoms with Crippen molar-refractivity contribution in [2.75, 3.05) is 5.73 Å². The van der Waals surface area contributed by atoms with Gasteiger partial charge in [0.05, 0.1) is 5.56 Å². The fourth-order valence-corrected chi connectivity index (χ4v) is 3.22. The first-order valence-electron chi connectivity index (χ1n) is 6.23. The average molecular weight is 235 g/mol. The van der Waals surface area contributed by atoms with Gasteiger partial charge < -0.3 is 5.73 Å². The molecule has 1 saturated carbocycles. The van der Waals surface area contributed by atoms with Crippen molar-refractivity contribution in [2.24, 2.45) is 11.8 Å². The van der Waals surface area contributed by atoms with Crippen molar-refractivity contribution in [3.05, 3.63) is 15.9 Å². The Labute approximate surface area is 99.2 Å². The molecule has 0 radical (unpaired) electrons. The molecule has 0 amide bonds. The minimum Gasteiger partial charge on any atom is -0.383 e. The molecule has 3 rings (SSSR count). The predicted molar refractivity (Wildman–Crippen MR) is 63.9 cm³/mol. The molecule has 2 atom stereocenters. The third-order valence-corrected chi connectivity index (χ3v) is 4.25. The van der Waals surface area contributed by atoms with Crippen LogP contribution in [0.5, 0.6) is 0 Å². The van der Waals surface area contributed by atoms with Gasteiger partial charge in [-0.05, 0) is 25.7 Å². The van der Waals surface area contributed by atoms with Crippen molar-refractivity contribution in [1.82, 2.24) is 9.36 Å². The SMILES string of the molecule is Cc1c(N)n2n(c1=O)CC1CCCCC1C2=O. The fourth-order valence-electron chi connectivity index (χ4n) is 3.22. The predicted octanol–water partition coefficient (Wildman–Crippen LogP) is 1.00. The van der Waals surface area contributed by atoms with Gasteiger partial charge in [0.15, 0.2) is 0 Å². The highest BCUT2D eigenvalue weighted by molar-refractivity contribution is 5.84. The van der Waals surface area contributed by atoms with Crippen LogP contribution in [0.1, 0.15) is 36.0 Å². The van der Waals surface area contributed by atoms with E-state index in [0.29, 0.717) is 23.8 Å². The number of anilines is 1. The molecule has 92 valence electrons. The van der Waals surface area contributed by atoms with Crippen LogP contribution in [0.3, 0.4) is 0 Å². The second kappa shape index (κ2) is 3.48. The summed E-state index contributed by atoms with van der Waals surface area (Å²) in [5, 5.41) is 0. The first kappa shape index (κ1) is 10.6. The van der Waals surface area contributed by atoms with E-state index in [-0.39, 0.29) is 17.4 Å². The molecule has 1 aliphatic heterocycles. The van der Waals surface area contributed by atoms with Gasteiger partial charge in [0.2, 0.25) is 0 Å². The molecule has 1 aliphatic carbocycles. The van der Waals surface area contributed by atoms with Gasteiger partial charge in [-0.15, -0.1) is 0 Å². The van der Waals surface area contributed by atoms with Crippen molar-refractivity contribution in [2.45, 2.75) is 39.2 Å². The Morgan fingerprint density at radius 1 is 1.24 bits per heavy atom.